The standard InChI is InChI=1S/C14H14O5/c1-3-6-18-14(16)11-8-19-12-7-9(17-2)4-5-10(12)13(11)15/h3-5,7,11H,1,6,8H2,2H3. The van der Waals surface area contributed by atoms with E-state index in [2.05, 4.69) is 6.58 Å². The first-order chi connectivity index (χ1) is 9.17. The van der Waals surface area contributed by atoms with Crippen LogP contribution in [0.5, 0.6) is 11.5 Å². The van der Waals surface area contributed by atoms with Gasteiger partial charge in [-0.25, -0.2) is 0 Å². The van der Waals surface area contributed by atoms with E-state index in [1.807, 2.05) is 0 Å². The molecular weight excluding hydrogens is 248 g/mol. The summed E-state index contributed by atoms with van der Waals surface area (Å²) in [4.78, 5) is 23.9. The summed E-state index contributed by atoms with van der Waals surface area (Å²) in [6.07, 6.45) is 1.45. The van der Waals surface area contributed by atoms with Gasteiger partial charge in [0.2, 0.25) is 0 Å². The number of rotatable bonds is 4. The molecule has 1 aromatic carbocycles. The second-order valence-corrected chi connectivity index (χ2v) is 4.01. The fourth-order valence-corrected chi connectivity index (χ4v) is 1.81. The van der Waals surface area contributed by atoms with Crippen LogP contribution >= 0.6 is 0 Å². The first kappa shape index (κ1) is 13.1. The van der Waals surface area contributed by atoms with E-state index in [0.29, 0.717) is 17.1 Å². The zero-order chi connectivity index (χ0) is 13.8. The number of ketones is 1. The number of carbonyl (C=O) groups is 2. The fourth-order valence-electron chi connectivity index (χ4n) is 1.81. The smallest absolute Gasteiger partial charge is 0.320 e. The number of carbonyl (C=O) groups excluding carboxylic acids is 2. The quantitative estimate of drug-likeness (QED) is 0.468. The summed E-state index contributed by atoms with van der Waals surface area (Å²) in [5.74, 6) is -0.776. The molecule has 1 aromatic rings. The molecule has 0 saturated carbocycles. The molecule has 1 heterocycles. The highest BCUT2D eigenvalue weighted by atomic mass is 16.5. The van der Waals surface area contributed by atoms with Gasteiger partial charge in [0.25, 0.3) is 0 Å². The van der Waals surface area contributed by atoms with E-state index in [4.69, 9.17) is 14.2 Å². The molecule has 100 valence electrons. The lowest BCUT2D eigenvalue weighted by Crippen LogP contribution is -2.35. The zero-order valence-corrected chi connectivity index (χ0v) is 10.5. The summed E-state index contributed by atoms with van der Waals surface area (Å²) >= 11 is 0. The van der Waals surface area contributed by atoms with Crippen molar-refractivity contribution in [1.82, 2.24) is 0 Å². The molecular formula is C14H14O5. The van der Waals surface area contributed by atoms with Crippen molar-refractivity contribution in [3.63, 3.8) is 0 Å². The Morgan fingerprint density at radius 2 is 2.37 bits per heavy atom. The van der Waals surface area contributed by atoms with Crippen LogP contribution < -0.4 is 9.47 Å². The van der Waals surface area contributed by atoms with Crippen molar-refractivity contribution in [1.29, 1.82) is 0 Å². The average molecular weight is 262 g/mol. The predicted octanol–water partition coefficient (Wildman–Crippen LogP) is 1.62. The van der Waals surface area contributed by atoms with Crippen LogP contribution in [0, 0.1) is 5.92 Å². The SMILES string of the molecule is C=CCOC(=O)C1COc2cc(OC)ccc2C1=O. The maximum absolute atomic E-state index is 12.2. The normalized spacial score (nSPS) is 17.1. The molecule has 0 fully saturated rings. The van der Waals surface area contributed by atoms with Crippen molar-refractivity contribution in [2.45, 2.75) is 0 Å². The van der Waals surface area contributed by atoms with Gasteiger partial charge in [0.05, 0.1) is 12.7 Å². The van der Waals surface area contributed by atoms with Gasteiger partial charge in [-0.2, -0.15) is 0 Å². The van der Waals surface area contributed by atoms with Crippen molar-refractivity contribution in [3.8, 4) is 11.5 Å². The van der Waals surface area contributed by atoms with E-state index < -0.39 is 11.9 Å². The number of benzene rings is 1. The molecule has 0 aromatic heterocycles. The van der Waals surface area contributed by atoms with Crippen LogP contribution in [0.25, 0.3) is 0 Å². The van der Waals surface area contributed by atoms with Crippen LogP contribution in [-0.4, -0.2) is 32.1 Å². The molecule has 1 atom stereocenters. The second-order valence-electron chi connectivity index (χ2n) is 4.01. The molecule has 1 aliphatic heterocycles. The maximum atomic E-state index is 12.2. The molecule has 1 aliphatic rings. The van der Waals surface area contributed by atoms with Crippen LogP contribution in [-0.2, 0) is 9.53 Å². The van der Waals surface area contributed by atoms with E-state index in [1.54, 1.807) is 18.2 Å². The third kappa shape index (κ3) is 2.59. The van der Waals surface area contributed by atoms with E-state index in [1.165, 1.54) is 13.2 Å². The lowest BCUT2D eigenvalue weighted by Gasteiger charge is -2.23. The molecule has 5 nitrogen and oxygen atoms in total. The largest absolute Gasteiger partial charge is 0.497 e. The molecule has 19 heavy (non-hydrogen) atoms. The predicted molar refractivity (Wildman–Crippen MR) is 67.5 cm³/mol. The third-order valence-electron chi connectivity index (χ3n) is 2.80. The fraction of sp³-hybridized carbons (Fsp3) is 0.286. The van der Waals surface area contributed by atoms with Gasteiger partial charge < -0.3 is 14.2 Å². The topological polar surface area (TPSA) is 61.8 Å². The van der Waals surface area contributed by atoms with Gasteiger partial charge in [0.15, 0.2) is 11.7 Å². The molecule has 5 heteroatoms. The van der Waals surface area contributed by atoms with Crippen LogP contribution in [0.4, 0.5) is 0 Å². The number of Topliss-reactive ketones (excluding diaryl/α,β-unsaturated/α-hetero) is 1. The molecule has 0 N–H and O–H groups in total. The van der Waals surface area contributed by atoms with E-state index in [-0.39, 0.29) is 19.0 Å². The van der Waals surface area contributed by atoms with Crippen LogP contribution in [0.3, 0.4) is 0 Å². The Hall–Kier alpha value is -2.30. The molecule has 0 spiro atoms. The summed E-state index contributed by atoms with van der Waals surface area (Å²) in [6, 6.07) is 4.86. The molecule has 1 unspecified atom stereocenters. The van der Waals surface area contributed by atoms with E-state index in [9.17, 15) is 9.59 Å². The van der Waals surface area contributed by atoms with Gasteiger partial charge in [0.1, 0.15) is 24.7 Å². The molecule has 0 saturated heterocycles. The van der Waals surface area contributed by atoms with Crippen molar-refractivity contribution in [2.24, 2.45) is 5.92 Å². The highest BCUT2D eigenvalue weighted by Crippen LogP contribution is 2.31. The minimum absolute atomic E-state index is 0.0189. The first-order valence-electron chi connectivity index (χ1n) is 5.80. The van der Waals surface area contributed by atoms with Crippen molar-refractivity contribution in [2.75, 3.05) is 20.3 Å². The highest BCUT2D eigenvalue weighted by Gasteiger charge is 2.35. The van der Waals surface area contributed by atoms with Crippen LogP contribution in [0.1, 0.15) is 10.4 Å². The van der Waals surface area contributed by atoms with E-state index in [0.717, 1.165) is 0 Å². The van der Waals surface area contributed by atoms with Gasteiger partial charge >= 0.3 is 5.97 Å². The number of ether oxygens (including phenoxy) is 3. The van der Waals surface area contributed by atoms with Crippen LogP contribution in [0.15, 0.2) is 30.9 Å². The first-order valence-corrected chi connectivity index (χ1v) is 5.80. The Bertz CT molecular complexity index is 521. The maximum Gasteiger partial charge on any atom is 0.320 e. The summed E-state index contributed by atoms with van der Waals surface area (Å²) in [6.45, 7) is 3.51. The van der Waals surface area contributed by atoms with Gasteiger partial charge in [-0.15, -0.1) is 0 Å². The van der Waals surface area contributed by atoms with E-state index >= 15 is 0 Å². The van der Waals surface area contributed by atoms with Crippen molar-refractivity contribution < 1.29 is 23.8 Å². The number of esters is 1. The van der Waals surface area contributed by atoms with Crippen molar-refractivity contribution >= 4 is 11.8 Å². The lowest BCUT2D eigenvalue weighted by atomic mass is 9.95. The summed E-state index contributed by atoms with van der Waals surface area (Å²) in [7, 11) is 1.53. The van der Waals surface area contributed by atoms with Gasteiger partial charge in [-0.3, -0.25) is 9.59 Å². The number of methoxy groups -OCH3 is 1. The minimum Gasteiger partial charge on any atom is -0.497 e. The number of fused-ring (bicyclic) bond motifs is 1. The Kier molecular flexibility index (Phi) is 3.85. The Morgan fingerprint density at radius 3 is 3.05 bits per heavy atom. The van der Waals surface area contributed by atoms with Crippen molar-refractivity contribution in [3.05, 3.63) is 36.4 Å². The number of hydrogen-bond donors (Lipinski definition) is 0. The molecule has 0 aliphatic carbocycles. The van der Waals surface area contributed by atoms with Gasteiger partial charge in [0, 0.05) is 6.07 Å². The molecule has 0 amide bonds. The number of hydrogen-bond acceptors (Lipinski definition) is 5. The summed E-state index contributed by atoms with van der Waals surface area (Å²) in [5.41, 5.74) is 0.368. The third-order valence-corrected chi connectivity index (χ3v) is 2.80. The van der Waals surface area contributed by atoms with Crippen LogP contribution in [0.2, 0.25) is 0 Å². The summed E-state index contributed by atoms with van der Waals surface area (Å²) < 4.78 is 15.3. The second kappa shape index (κ2) is 5.56. The Balaban J connectivity index is 2.20. The molecule has 2 rings (SSSR count). The Labute approximate surface area is 110 Å². The molecule has 0 radical (unpaired) electrons. The van der Waals surface area contributed by atoms with Gasteiger partial charge in [-0.1, -0.05) is 12.7 Å². The minimum atomic E-state index is -0.916. The summed E-state index contributed by atoms with van der Waals surface area (Å²) in [5, 5.41) is 0. The Morgan fingerprint density at radius 1 is 1.58 bits per heavy atom. The monoisotopic (exact) mass is 262 g/mol. The average Bonchev–Trinajstić information content (AvgIpc) is 2.44. The zero-order valence-electron chi connectivity index (χ0n) is 10.5. The molecule has 0 bridgehead atoms. The van der Waals surface area contributed by atoms with Gasteiger partial charge in [-0.05, 0) is 12.1 Å². The lowest BCUT2D eigenvalue weighted by molar-refractivity contribution is -0.146. The highest BCUT2D eigenvalue weighted by molar-refractivity contribution is 6.11.